The summed E-state index contributed by atoms with van der Waals surface area (Å²) in [5, 5.41) is 20.7. The van der Waals surface area contributed by atoms with Crippen molar-refractivity contribution in [3.63, 3.8) is 0 Å². The highest BCUT2D eigenvalue weighted by atomic mass is 79.9. The Hall–Kier alpha value is -1.90. The Kier molecular flexibility index (Phi) is 4.84. The molecule has 0 atom stereocenters. The molecule has 3 N–H and O–H groups in total. The van der Waals surface area contributed by atoms with Crippen LogP contribution in [0.1, 0.15) is 10.4 Å². The average molecular weight is 390 g/mol. The number of nitrogens with one attached hydrogen (secondary N) is 1. The van der Waals surface area contributed by atoms with Crippen molar-refractivity contribution in [2.24, 2.45) is 0 Å². The normalized spacial score (nSPS) is 14.3. The number of aliphatic hydroxyl groups is 1. The van der Waals surface area contributed by atoms with Crippen LogP contribution < -0.4 is 5.32 Å². The van der Waals surface area contributed by atoms with E-state index in [-0.39, 0.29) is 35.1 Å². The lowest BCUT2D eigenvalue weighted by Gasteiger charge is -2.15. The lowest BCUT2D eigenvalue weighted by Crippen LogP contribution is -2.34. The van der Waals surface area contributed by atoms with Crippen molar-refractivity contribution in [1.82, 2.24) is 4.90 Å². The molecule has 0 aromatic heterocycles. The average Bonchev–Trinajstić information content (AvgIpc) is 2.70. The highest BCUT2D eigenvalue weighted by molar-refractivity contribution is 9.10. The molecule has 1 aromatic rings. The number of anilines is 1. The molecule has 0 fully saturated rings. The smallest absolute Gasteiger partial charge is 0.339 e. The molecule has 0 bridgehead atoms. The highest BCUT2D eigenvalue weighted by Crippen LogP contribution is 2.33. The molecular formula is C13H10BrClN2O5. The number of carboxylic acids is 1. The molecule has 0 aliphatic carbocycles. The Labute approximate surface area is 138 Å². The topological polar surface area (TPSA) is 107 Å². The zero-order valence-electron chi connectivity index (χ0n) is 11.0. The summed E-state index contributed by atoms with van der Waals surface area (Å²) in [5.74, 6) is -2.52. The van der Waals surface area contributed by atoms with Gasteiger partial charge in [0, 0.05) is 10.5 Å². The number of imide groups is 1. The van der Waals surface area contributed by atoms with Gasteiger partial charge in [-0.25, -0.2) is 4.79 Å². The van der Waals surface area contributed by atoms with Crippen molar-refractivity contribution >= 4 is 51.0 Å². The fourth-order valence-corrected chi connectivity index (χ4v) is 2.60. The third-order valence-electron chi connectivity index (χ3n) is 2.91. The van der Waals surface area contributed by atoms with Crippen LogP contribution in [0.4, 0.5) is 5.69 Å². The van der Waals surface area contributed by atoms with Gasteiger partial charge in [0.25, 0.3) is 11.8 Å². The van der Waals surface area contributed by atoms with Crippen LogP contribution in [0.2, 0.25) is 5.02 Å². The van der Waals surface area contributed by atoms with E-state index in [4.69, 9.17) is 16.7 Å². The minimum atomic E-state index is -1.28. The van der Waals surface area contributed by atoms with Crippen LogP contribution in [0, 0.1) is 0 Å². The summed E-state index contributed by atoms with van der Waals surface area (Å²) >= 11 is 9.05. The molecular weight excluding hydrogens is 380 g/mol. The molecule has 2 rings (SSSR count). The number of benzene rings is 1. The molecule has 7 nitrogen and oxygen atoms in total. The van der Waals surface area contributed by atoms with Crippen molar-refractivity contribution in [1.29, 1.82) is 0 Å². The van der Waals surface area contributed by atoms with Crippen molar-refractivity contribution in [3.8, 4) is 0 Å². The number of aliphatic hydroxyl groups excluding tert-OH is 1. The standard InChI is InChI=1S/C13H10BrClN2O5/c14-6-1-2-7(15)10(13(21)22)11(6)16-8-5-9(19)17(3-4-18)12(8)20/h1-2,5,16,18H,3-4H2,(H,21,22). The van der Waals surface area contributed by atoms with Crippen LogP contribution in [-0.4, -0.2) is 46.0 Å². The Morgan fingerprint density at radius 2 is 2.05 bits per heavy atom. The summed E-state index contributed by atoms with van der Waals surface area (Å²) in [6, 6.07) is 2.92. The van der Waals surface area contributed by atoms with Gasteiger partial charge < -0.3 is 15.5 Å². The second-order valence-corrected chi connectivity index (χ2v) is 5.55. The molecule has 0 saturated heterocycles. The molecule has 9 heteroatoms. The summed E-state index contributed by atoms with van der Waals surface area (Å²) in [4.78, 5) is 35.9. The van der Waals surface area contributed by atoms with Crippen LogP contribution in [0.25, 0.3) is 0 Å². The predicted molar refractivity (Wildman–Crippen MR) is 81.6 cm³/mol. The summed E-state index contributed by atoms with van der Waals surface area (Å²) in [6.07, 6.45) is 1.04. The van der Waals surface area contributed by atoms with E-state index in [1.807, 2.05) is 0 Å². The number of hydrogen-bond donors (Lipinski definition) is 3. The maximum absolute atomic E-state index is 12.1. The van der Waals surface area contributed by atoms with Gasteiger partial charge in [-0.2, -0.15) is 0 Å². The maximum atomic E-state index is 12.1. The lowest BCUT2D eigenvalue weighted by molar-refractivity contribution is -0.137. The molecule has 0 unspecified atom stereocenters. The van der Waals surface area contributed by atoms with Gasteiger partial charge in [0.15, 0.2) is 0 Å². The van der Waals surface area contributed by atoms with Gasteiger partial charge in [-0.3, -0.25) is 14.5 Å². The summed E-state index contributed by atoms with van der Waals surface area (Å²) < 4.78 is 0.371. The van der Waals surface area contributed by atoms with Crippen molar-refractivity contribution < 1.29 is 24.6 Å². The van der Waals surface area contributed by atoms with Crippen molar-refractivity contribution in [2.75, 3.05) is 18.5 Å². The quantitative estimate of drug-likeness (QED) is 0.658. The Morgan fingerprint density at radius 1 is 1.36 bits per heavy atom. The van der Waals surface area contributed by atoms with Gasteiger partial charge >= 0.3 is 5.97 Å². The highest BCUT2D eigenvalue weighted by Gasteiger charge is 2.32. The monoisotopic (exact) mass is 388 g/mol. The van der Waals surface area contributed by atoms with Gasteiger partial charge in [0.05, 0.1) is 23.9 Å². The fraction of sp³-hybridized carbons (Fsp3) is 0.154. The first-order chi connectivity index (χ1) is 10.4. The molecule has 22 heavy (non-hydrogen) atoms. The zero-order valence-corrected chi connectivity index (χ0v) is 13.3. The molecule has 0 spiro atoms. The van der Waals surface area contributed by atoms with Gasteiger partial charge in [-0.15, -0.1) is 0 Å². The molecule has 1 heterocycles. The number of amides is 2. The first-order valence-electron chi connectivity index (χ1n) is 6.03. The zero-order chi connectivity index (χ0) is 16.4. The number of carboxylic acid groups (broad SMARTS) is 1. The number of β-amino-alcohol motifs (C(OH)–C–C–N with tert-alkyl or cyclic N) is 1. The lowest BCUT2D eigenvalue weighted by atomic mass is 10.1. The summed E-state index contributed by atoms with van der Waals surface area (Å²) in [5.41, 5.74) is -0.250. The van der Waals surface area contributed by atoms with Crippen LogP contribution in [0.5, 0.6) is 0 Å². The number of halogens is 2. The maximum Gasteiger partial charge on any atom is 0.339 e. The van der Waals surface area contributed by atoms with E-state index < -0.39 is 17.8 Å². The van der Waals surface area contributed by atoms with E-state index in [2.05, 4.69) is 21.2 Å². The van der Waals surface area contributed by atoms with Gasteiger partial charge in [-0.1, -0.05) is 11.6 Å². The minimum absolute atomic E-state index is 0.0113. The second kappa shape index (κ2) is 6.47. The summed E-state index contributed by atoms with van der Waals surface area (Å²) in [6.45, 7) is -0.498. The molecule has 1 aromatic carbocycles. The number of hydrogen-bond acceptors (Lipinski definition) is 5. The Balaban J connectivity index is 2.39. The van der Waals surface area contributed by atoms with Crippen LogP contribution >= 0.6 is 27.5 Å². The molecule has 116 valence electrons. The third-order valence-corrected chi connectivity index (χ3v) is 3.89. The number of rotatable bonds is 5. The predicted octanol–water partition coefficient (Wildman–Crippen LogP) is 1.46. The number of carbonyl (C=O) groups excluding carboxylic acids is 2. The Bertz CT molecular complexity index is 704. The van der Waals surface area contributed by atoms with Gasteiger partial charge in [-0.05, 0) is 28.1 Å². The number of carbonyl (C=O) groups is 3. The first kappa shape index (κ1) is 16.5. The largest absolute Gasteiger partial charge is 0.478 e. The van der Waals surface area contributed by atoms with E-state index in [0.29, 0.717) is 4.47 Å². The SMILES string of the molecule is O=C(O)c1c(Cl)ccc(Br)c1NC1=CC(=O)N(CCO)C1=O. The summed E-state index contributed by atoms with van der Waals surface area (Å²) in [7, 11) is 0. The molecule has 0 radical (unpaired) electrons. The molecule has 1 aliphatic rings. The Morgan fingerprint density at radius 3 is 2.64 bits per heavy atom. The molecule has 0 saturated carbocycles. The molecule has 1 aliphatic heterocycles. The van der Waals surface area contributed by atoms with E-state index in [9.17, 15) is 19.5 Å². The molecule has 2 amide bonds. The van der Waals surface area contributed by atoms with E-state index in [1.165, 1.54) is 12.1 Å². The third kappa shape index (κ3) is 2.99. The van der Waals surface area contributed by atoms with Gasteiger partial charge in [0.2, 0.25) is 0 Å². The van der Waals surface area contributed by atoms with Gasteiger partial charge in [0.1, 0.15) is 11.3 Å². The number of aromatic carboxylic acids is 1. The van der Waals surface area contributed by atoms with E-state index >= 15 is 0 Å². The second-order valence-electron chi connectivity index (χ2n) is 4.29. The van der Waals surface area contributed by atoms with Crippen LogP contribution in [0.15, 0.2) is 28.4 Å². The van der Waals surface area contributed by atoms with E-state index in [1.54, 1.807) is 0 Å². The minimum Gasteiger partial charge on any atom is -0.478 e. The van der Waals surface area contributed by atoms with Crippen molar-refractivity contribution in [2.45, 2.75) is 0 Å². The van der Waals surface area contributed by atoms with E-state index in [0.717, 1.165) is 11.0 Å². The van der Waals surface area contributed by atoms with Crippen LogP contribution in [0.3, 0.4) is 0 Å². The fourth-order valence-electron chi connectivity index (χ4n) is 1.93. The van der Waals surface area contributed by atoms with Crippen molar-refractivity contribution in [3.05, 3.63) is 39.0 Å². The number of nitrogens with zero attached hydrogens (tertiary/aromatic N) is 1. The van der Waals surface area contributed by atoms with Crippen LogP contribution in [-0.2, 0) is 9.59 Å². The first-order valence-corrected chi connectivity index (χ1v) is 7.20.